The normalized spacial score (nSPS) is 19.9. The molecule has 5 nitrogen and oxygen atoms in total. The Morgan fingerprint density at radius 2 is 2.04 bits per heavy atom. The summed E-state index contributed by atoms with van der Waals surface area (Å²) in [7, 11) is 0. The molecule has 0 bridgehead atoms. The molecule has 1 fully saturated rings. The van der Waals surface area contributed by atoms with Gasteiger partial charge in [-0.3, -0.25) is 0 Å². The highest BCUT2D eigenvalue weighted by molar-refractivity contribution is 7.22. The van der Waals surface area contributed by atoms with Crippen LogP contribution in [0.2, 0.25) is 5.02 Å². The summed E-state index contributed by atoms with van der Waals surface area (Å²) in [5.74, 6) is 0.328. The summed E-state index contributed by atoms with van der Waals surface area (Å²) in [6.07, 6.45) is 0. The summed E-state index contributed by atoms with van der Waals surface area (Å²) in [5.41, 5.74) is 8.64. The zero-order valence-corrected chi connectivity index (χ0v) is 15.8. The lowest BCUT2D eigenvalue weighted by Crippen LogP contribution is -2.35. The van der Waals surface area contributed by atoms with Crippen molar-refractivity contribution in [2.24, 2.45) is 11.7 Å². The second kappa shape index (κ2) is 6.87. The smallest absolute Gasteiger partial charge is 0.321 e. The van der Waals surface area contributed by atoms with Crippen molar-refractivity contribution in [3.8, 4) is 10.6 Å². The molecule has 7 heteroatoms. The van der Waals surface area contributed by atoms with E-state index in [0.717, 1.165) is 26.5 Å². The first-order valence-electron chi connectivity index (χ1n) is 8.48. The van der Waals surface area contributed by atoms with Crippen molar-refractivity contribution < 1.29 is 4.79 Å². The second-order valence-electron chi connectivity index (χ2n) is 6.66. The number of urea groups is 1. The van der Waals surface area contributed by atoms with Crippen molar-refractivity contribution in [3.05, 3.63) is 47.5 Å². The van der Waals surface area contributed by atoms with Crippen molar-refractivity contribution >= 4 is 44.9 Å². The summed E-state index contributed by atoms with van der Waals surface area (Å²) in [6, 6.07) is 13.4. The van der Waals surface area contributed by atoms with Crippen molar-refractivity contribution in [1.82, 2.24) is 9.88 Å². The van der Waals surface area contributed by atoms with Gasteiger partial charge in [0.05, 0.1) is 15.2 Å². The first kappa shape index (κ1) is 17.3. The van der Waals surface area contributed by atoms with Gasteiger partial charge in [-0.05, 0) is 42.3 Å². The Hall–Kier alpha value is -2.15. The third-order valence-electron chi connectivity index (χ3n) is 4.71. The molecule has 0 saturated carbocycles. The molecule has 3 N–H and O–H groups in total. The maximum atomic E-state index is 12.3. The van der Waals surface area contributed by atoms with Gasteiger partial charge in [0.25, 0.3) is 0 Å². The summed E-state index contributed by atoms with van der Waals surface area (Å²) in [4.78, 5) is 18.8. The number of thiazole rings is 1. The monoisotopic (exact) mass is 386 g/mol. The average Bonchev–Trinajstić information content (AvgIpc) is 3.20. The third-order valence-corrected chi connectivity index (χ3v) is 6.29. The number of aromatic nitrogens is 1. The third kappa shape index (κ3) is 3.28. The molecule has 1 saturated heterocycles. The number of benzene rings is 2. The van der Waals surface area contributed by atoms with Gasteiger partial charge in [-0.2, -0.15) is 0 Å². The van der Waals surface area contributed by atoms with Gasteiger partial charge < -0.3 is 16.0 Å². The van der Waals surface area contributed by atoms with E-state index >= 15 is 0 Å². The predicted octanol–water partition coefficient (Wildman–Crippen LogP) is 4.43. The van der Waals surface area contributed by atoms with E-state index in [2.05, 4.69) is 17.2 Å². The van der Waals surface area contributed by atoms with Gasteiger partial charge >= 0.3 is 6.03 Å². The molecule has 4 rings (SSSR count). The van der Waals surface area contributed by atoms with Gasteiger partial charge in [-0.1, -0.05) is 24.6 Å². The minimum absolute atomic E-state index is 0.0500. The molecule has 0 aliphatic carbocycles. The Bertz CT molecular complexity index is 946. The Labute approximate surface area is 160 Å². The van der Waals surface area contributed by atoms with E-state index < -0.39 is 0 Å². The van der Waals surface area contributed by atoms with Crippen LogP contribution in [-0.2, 0) is 0 Å². The lowest BCUT2D eigenvalue weighted by atomic mass is 10.1. The lowest BCUT2D eigenvalue weighted by molar-refractivity contribution is 0.221. The molecular weight excluding hydrogens is 368 g/mol. The fourth-order valence-electron chi connectivity index (χ4n) is 3.10. The fourth-order valence-corrected chi connectivity index (χ4v) is 4.36. The standard InChI is InChI=1S/C19H19ClN4OS/c1-11-9-24(10-15(11)21)19(25)22-13-7-5-12(6-8-13)18-23-16-4-2-3-14(20)17(16)26-18/h2-8,11,15H,9-10,21H2,1H3,(H,22,25). The van der Waals surface area contributed by atoms with E-state index in [-0.39, 0.29) is 12.1 Å². The van der Waals surface area contributed by atoms with Gasteiger partial charge in [0, 0.05) is 30.4 Å². The van der Waals surface area contributed by atoms with E-state index in [0.29, 0.717) is 24.0 Å². The van der Waals surface area contributed by atoms with Crippen LogP contribution in [0.15, 0.2) is 42.5 Å². The SMILES string of the molecule is CC1CN(C(=O)Nc2ccc(-c3nc4cccc(Cl)c4s3)cc2)CC1N. The minimum atomic E-state index is -0.107. The first-order valence-corrected chi connectivity index (χ1v) is 9.67. The van der Waals surface area contributed by atoms with Gasteiger partial charge in [0.2, 0.25) is 0 Å². The molecule has 2 aromatic carbocycles. The Morgan fingerprint density at radius 1 is 1.27 bits per heavy atom. The number of likely N-dealkylation sites (tertiary alicyclic amines) is 1. The first-order chi connectivity index (χ1) is 12.5. The van der Waals surface area contributed by atoms with Crippen LogP contribution in [0, 0.1) is 5.92 Å². The Kier molecular flexibility index (Phi) is 4.56. The Balaban J connectivity index is 1.49. The number of rotatable bonds is 2. The average molecular weight is 387 g/mol. The number of fused-ring (bicyclic) bond motifs is 1. The van der Waals surface area contributed by atoms with Crippen molar-refractivity contribution in [2.45, 2.75) is 13.0 Å². The van der Waals surface area contributed by atoms with E-state index in [9.17, 15) is 4.79 Å². The van der Waals surface area contributed by atoms with Crippen molar-refractivity contribution in [3.63, 3.8) is 0 Å². The van der Waals surface area contributed by atoms with Crippen LogP contribution in [0.5, 0.6) is 0 Å². The fraction of sp³-hybridized carbons (Fsp3) is 0.263. The van der Waals surface area contributed by atoms with Crippen LogP contribution in [-0.4, -0.2) is 35.0 Å². The highest BCUT2D eigenvalue weighted by atomic mass is 35.5. The van der Waals surface area contributed by atoms with Crippen molar-refractivity contribution in [1.29, 1.82) is 0 Å². The van der Waals surface area contributed by atoms with E-state index in [4.69, 9.17) is 17.3 Å². The zero-order valence-electron chi connectivity index (χ0n) is 14.3. The molecule has 2 atom stereocenters. The van der Waals surface area contributed by atoms with Crippen LogP contribution in [0.3, 0.4) is 0 Å². The summed E-state index contributed by atoms with van der Waals surface area (Å²) in [5, 5.41) is 4.56. The maximum absolute atomic E-state index is 12.3. The maximum Gasteiger partial charge on any atom is 0.321 e. The molecule has 3 aromatic rings. The largest absolute Gasteiger partial charge is 0.326 e. The molecule has 26 heavy (non-hydrogen) atoms. The van der Waals surface area contributed by atoms with Crippen LogP contribution in [0.4, 0.5) is 10.5 Å². The summed E-state index contributed by atoms with van der Waals surface area (Å²) in [6.45, 7) is 3.35. The molecule has 0 radical (unpaired) electrons. The van der Waals surface area contributed by atoms with Gasteiger partial charge in [-0.15, -0.1) is 11.3 Å². The van der Waals surface area contributed by atoms with Gasteiger partial charge in [-0.25, -0.2) is 9.78 Å². The van der Waals surface area contributed by atoms with Gasteiger partial charge in [0.15, 0.2) is 0 Å². The number of hydrogen-bond acceptors (Lipinski definition) is 4. The summed E-state index contributed by atoms with van der Waals surface area (Å²) < 4.78 is 0.987. The molecule has 134 valence electrons. The topological polar surface area (TPSA) is 71.2 Å². The number of nitrogens with two attached hydrogens (primary N) is 1. The number of amides is 2. The predicted molar refractivity (Wildman–Crippen MR) is 108 cm³/mol. The number of anilines is 1. The van der Waals surface area contributed by atoms with Crippen LogP contribution < -0.4 is 11.1 Å². The molecule has 1 aliphatic rings. The molecule has 1 aromatic heterocycles. The molecule has 2 unspecified atom stereocenters. The van der Waals surface area contributed by atoms with Crippen molar-refractivity contribution in [2.75, 3.05) is 18.4 Å². The second-order valence-corrected chi connectivity index (χ2v) is 8.07. The van der Waals surface area contributed by atoms with Crippen LogP contribution in [0.25, 0.3) is 20.8 Å². The molecule has 1 aliphatic heterocycles. The van der Waals surface area contributed by atoms with Crippen LogP contribution >= 0.6 is 22.9 Å². The van der Waals surface area contributed by atoms with E-state index in [1.807, 2.05) is 42.5 Å². The van der Waals surface area contributed by atoms with E-state index in [1.165, 1.54) is 0 Å². The van der Waals surface area contributed by atoms with Gasteiger partial charge in [0.1, 0.15) is 5.01 Å². The van der Waals surface area contributed by atoms with Crippen LogP contribution in [0.1, 0.15) is 6.92 Å². The molecule has 0 spiro atoms. The molecular formula is C19H19ClN4OS. The Morgan fingerprint density at radius 3 is 2.69 bits per heavy atom. The van der Waals surface area contributed by atoms with E-state index in [1.54, 1.807) is 16.2 Å². The summed E-state index contributed by atoms with van der Waals surface area (Å²) >= 11 is 7.80. The quantitative estimate of drug-likeness (QED) is 0.684. The number of nitrogens with zero attached hydrogens (tertiary/aromatic N) is 2. The number of nitrogens with one attached hydrogen (secondary N) is 1. The highest BCUT2D eigenvalue weighted by Crippen LogP contribution is 2.34. The molecule has 2 heterocycles. The number of carbonyl (C=O) groups is 1. The molecule has 2 amide bonds. The minimum Gasteiger partial charge on any atom is -0.326 e. The number of halogens is 1. The number of carbonyl (C=O) groups excluding carboxylic acids is 1. The lowest BCUT2D eigenvalue weighted by Gasteiger charge is -2.16. The highest BCUT2D eigenvalue weighted by Gasteiger charge is 2.29. The number of hydrogen-bond donors (Lipinski definition) is 2. The zero-order chi connectivity index (χ0) is 18.3.